The summed E-state index contributed by atoms with van der Waals surface area (Å²) in [6.45, 7) is 5.86. The number of rotatable bonds is 4. The first-order valence-electron chi connectivity index (χ1n) is 3.81. The third-order valence-corrected chi connectivity index (χ3v) is 1.35. The fraction of sp³-hybridized carbons (Fsp3) is 0.750. The van der Waals surface area contributed by atoms with Gasteiger partial charge in [-0.1, -0.05) is 20.8 Å². The summed E-state index contributed by atoms with van der Waals surface area (Å²) >= 11 is 0. The zero-order chi connectivity index (χ0) is 8.85. The molecular formula is C8H15NO2. The average molecular weight is 157 g/mol. The fourth-order valence-corrected chi connectivity index (χ4v) is 0.514. The molecular weight excluding hydrogens is 142 g/mol. The van der Waals surface area contributed by atoms with Crippen molar-refractivity contribution in [3.63, 3.8) is 0 Å². The molecule has 0 aliphatic rings. The molecule has 0 aliphatic heterocycles. The zero-order valence-electron chi connectivity index (χ0n) is 7.26. The smallest absolute Gasteiger partial charge is 0.222 e. The van der Waals surface area contributed by atoms with Gasteiger partial charge in [0, 0.05) is 18.4 Å². The highest BCUT2D eigenvalue weighted by Gasteiger charge is 2.07. The van der Waals surface area contributed by atoms with Gasteiger partial charge in [-0.15, -0.1) is 0 Å². The third kappa shape index (κ3) is 4.53. The largest absolute Gasteiger partial charge is 0.355 e. The van der Waals surface area contributed by atoms with E-state index in [4.69, 9.17) is 0 Å². The Morgan fingerprint density at radius 3 is 2.36 bits per heavy atom. The molecule has 0 heterocycles. The van der Waals surface area contributed by atoms with Crippen molar-refractivity contribution in [3.05, 3.63) is 0 Å². The van der Waals surface area contributed by atoms with Gasteiger partial charge < -0.3 is 10.1 Å². The van der Waals surface area contributed by atoms with E-state index in [-0.39, 0.29) is 17.7 Å². The molecule has 0 radical (unpaired) electrons. The van der Waals surface area contributed by atoms with Crippen molar-refractivity contribution in [1.29, 1.82) is 0 Å². The molecule has 3 heteroatoms. The molecule has 1 amide bonds. The lowest BCUT2D eigenvalue weighted by Crippen LogP contribution is -2.31. The molecule has 0 fully saturated rings. The second kappa shape index (κ2) is 4.88. The average Bonchev–Trinajstić information content (AvgIpc) is 1.99. The van der Waals surface area contributed by atoms with E-state index in [1.807, 2.05) is 13.8 Å². The summed E-state index contributed by atoms with van der Waals surface area (Å²) in [5.41, 5.74) is 0. The molecule has 0 saturated carbocycles. The Hall–Kier alpha value is -0.860. The summed E-state index contributed by atoms with van der Waals surface area (Å²) in [4.78, 5) is 21.1. The number of amides is 1. The lowest BCUT2D eigenvalue weighted by atomic mass is 10.2. The Labute approximate surface area is 67.2 Å². The minimum atomic E-state index is -0.0855. The van der Waals surface area contributed by atoms with Gasteiger partial charge >= 0.3 is 0 Å². The van der Waals surface area contributed by atoms with Crippen LogP contribution in [-0.4, -0.2) is 18.7 Å². The zero-order valence-corrected chi connectivity index (χ0v) is 7.26. The summed E-state index contributed by atoms with van der Waals surface area (Å²) in [7, 11) is 0. The monoisotopic (exact) mass is 157 g/mol. The van der Waals surface area contributed by atoms with Crippen molar-refractivity contribution < 1.29 is 9.59 Å². The number of hydrogen-bond donors (Lipinski definition) is 1. The van der Waals surface area contributed by atoms with Crippen molar-refractivity contribution in [2.75, 3.05) is 6.54 Å². The molecule has 0 aromatic heterocycles. The van der Waals surface area contributed by atoms with E-state index < -0.39 is 0 Å². The van der Waals surface area contributed by atoms with Crippen LogP contribution in [0.3, 0.4) is 0 Å². The van der Waals surface area contributed by atoms with Crippen molar-refractivity contribution in [2.45, 2.75) is 20.8 Å². The van der Waals surface area contributed by atoms with E-state index in [2.05, 4.69) is 5.32 Å². The first kappa shape index (κ1) is 10.1. The minimum Gasteiger partial charge on any atom is -0.355 e. The fourth-order valence-electron chi connectivity index (χ4n) is 0.514. The van der Waals surface area contributed by atoms with Crippen LogP contribution in [0, 0.1) is 11.8 Å². The lowest BCUT2D eigenvalue weighted by Gasteiger charge is -2.08. The molecule has 0 saturated heterocycles. The highest BCUT2D eigenvalue weighted by Crippen LogP contribution is 1.92. The predicted octanol–water partition coefficient (Wildman–Crippen LogP) is 0.594. The number of aldehydes is 1. The summed E-state index contributed by atoms with van der Waals surface area (Å²) in [6, 6.07) is 0. The molecule has 0 aromatic carbocycles. The second-order valence-electron chi connectivity index (χ2n) is 3.01. The van der Waals surface area contributed by atoms with Crippen LogP contribution in [0.2, 0.25) is 0 Å². The first-order chi connectivity index (χ1) is 5.07. The van der Waals surface area contributed by atoms with Gasteiger partial charge in [0.25, 0.3) is 0 Å². The summed E-state index contributed by atoms with van der Waals surface area (Å²) in [5, 5.41) is 2.66. The Morgan fingerprint density at radius 1 is 1.45 bits per heavy atom. The molecule has 3 nitrogen and oxygen atoms in total. The van der Waals surface area contributed by atoms with Crippen LogP contribution in [0.15, 0.2) is 0 Å². The summed E-state index contributed by atoms with van der Waals surface area (Å²) in [6.07, 6.45) is 0.834. The van der Waals surface area contributed by atoms with Crippen LogP contribution in [-0.2, 0) is 9.59 Å². The lowest BCUT2D eigenvalue weighted by molar-refractivity contribution is -0.124. The Kier molecular flexibility index (Phi) is 4.50. The van der Waals surface area contributed by atoms with Gasteiger partial charge in [-0.2, -0.15) is 0 Å². The first-order valence-corrected chi connectivity index (χ1v) is 3.81. The molecule has 11 heavy (non-hydrogen) atoms. The van der Waals surface area contributed by atoms with Gasteiger partial charge in [0.2, 0.25) is 5.91 Å². The predicted molar refractivity (Wildman–Crippen MR) is 43.1 cm³/mol. The van der Waals surface area contributed by atoms with Gasteiger partial charge in [-0.25, -0.2) is 0 Å². The van der Waals surface area contributed by atoms with Gasteiger partial charge in [-0.05, 0) is 0 Å². The van der Waals surface area contributed by atoms with Gasteiger partial charge in [0.05, 0.1) is 0 Å². The SMILES string of the molecule is CC(C)C(=O)NC[C@H](C)C=O. The molecule has 0 aromatic rings. The van der Waals surface area contributed by atoms with Crippen molar-refractivity contribution in [3.8, 4) is 0 Å². The van der Waals surface area contributed by atoms with E-state index in [0.717, 1.165) is 6.29 Å². The summed E-state index contributed by atoms with van der Waals surface area (Å²) in [5.74, 6) is -0.0924. The van der Waals surface area contributed by atoms with Crippen LogP contribution in [0.1, 0.15) is 20.8 Å². The topological polar surface area (TPSA) is 46.2 Å². The molecule has 64 valence electrons. The van der Waals surface area contributed by atoms with Crippen LogP contribution >= 0.6 is 0 Å². The second-order valence-corrected chi connectivity index (χ2v) is 3.01. The van der Waals surface area contributed by atoms with Crippen molar-refractivity contribution in [2.24, 2.45) is 11.8 Å². The number of carbonyl (C=O) groups is 2. The Bertz CT molecular complexity index is 143. The normalized spacial score (nSPS) is 12.7. The molecule has 0 bridgehead atoms. The maximum Gasteiger partial charge on any atom is 0.222 e. The maximum atomic E-state index is 10.9. The highest BCUT2D eigenvalue weighted by atomic mass is 16.1. The highest BCUT2D eigenvalue weighted by molar-refractivity contribution is 5.78. The van der Waals surface area contributed by atoms with E-state index in [1.165, 1.54) is 0 Å². The number of hydrogen-bond acceptors (Lipinski definition) is 2. The van der Waals surface area contributed by atoms with E-state index in [1.54, 1.807) is 6.92 Å². The molecule has 1 N–H and O–H groups in total. The van der Waals surface area contributed by atoms with Gasteiger partial charge in [0.1, 0.15) is 6.29 Å². The molecule has 0 rings (SSSR count). The minimum absolute atomic E-state index is 0.00120. The molecule has 0 spiro atoms. The summed E-state index contributed by atoms with van der Waals surface area (Å²) < 4.78 is 0. The van der Waals surface area contributed by atoms with Gasteiger partial charge in [0.15, 0.2) is 0 Å². The number of nitrogens with one attached hydrogen (secondary N) is 1. The van der Waals surface area contributed by atoms with E-state index in [0.29, 0.717) is 6.54 Å². The van der Waals surface area contributed by atoms with Crippen molar-refractivity contribution >= 4 is 12.2 Å². The van der Waals surface area contributed by atoms with Gasteiger partial charge in [-0.3, -0.25) is 4.79 Å². The maximum absolute atomic E-state index is 10.9. The molecule has 0 unspecified atom stereocenters. The van der Waals surface area contributed by atoms with Crippen LogP contribution in [0.4, 0.5) is 0 Å². The third-order valence-electron chi connectivity index (χ3n) is 1.35. The molecule has 1 atom stereocenters. The van der Waals surface area contributed by atoms with Crippen LogP contribution in [0.25, 0.3) is 0 Å². The van der Waals surface area contributed by atoms with Crippen LogP contribution < -0.4 is 5.32 Å². The van der Waals surface area contributed by atoms with Crippen LogP contribution in [0.5, 0.6) is 0 Å². The Balaban J connectivity index is 3.54. The number of carbonyl (C=O) groups excluding carboxylic acids is 2. The standard InChI is InChI=1S/C8H15NO2/c1-6(2)8(11)9-4-7(3)5-10/h5-7H,4H2,1-3H3,(H,9,11)/t7-/m0/s1. The Morgan fingerprint density at radius 2 is 2.00 bits per heavy atom. The van der Waals surface area contributed by atoms with Crippen molar-refractivity contribution in [1.82, 2.24) is 5.32 Å². The molecule has 0 aliphatic carbocycles. The quantitative estimate of drug-likeness (QED) is 0.607. The van der Waals surface area contributed by atoms with E-state index in [9.17, 15) is 9.59 Å². The van der Waals surface area contributed by atoms with E-state index >= 15 is 0 Å².